The molecule has 0 spiro atoms. The van der Waals surface area contributed by atoms with Gasteiger partial charge in [0.25, 0.3) is 0 Å². The van der Waals surface area contributed by atoms with Crippen LogP contribution >= 0.6 is 0 Å². The average Bonchev–Trinajstić information content (AvgIpc) is 3.36. The predicted octanol–water partition coefficient (Wildman–Crippen LogP) is 19.8. The van der Waals surface area contributed by atoms with Crippen LogP contribution in [0.3, 0.4) is 0 Å². The summed E-state index contributed by atoms with van der Waals surface area (Å²) in [5, 5.41) is 23.2. The third kappa shape index (κ3) is 55.7. The molecule has 2 unspecified atom stereocenters. The van der Waals surface area contributed by atoms with Crippen LogP contribution in [0.25, 0.3) is 0 Å². The summed E-state index contributed by atoms with van der Waals surface area (Å²) < 4.78 is 5.47. The van der Waals surface area contributed by atoms with Crippen molar-refractivity contribution in [1.82, 2.24) is 5.32 Å². The second-order valence-corrected chi connectivity index (χ2v) is 21.7. The summed E-state index contributed by atoms with van der Waals surface area (Å²) >= 11 is 0. The first-order valence-electron chi connectivity index (χ1n) is 31.6. The van der Waals surface area contributed by atoms with Crippen LogP contribution in [0.15, 0.2) is 24.3 Å². The molecule has 0 rings (SSSR count). The van der Waals surface area contributed by atoms with Crippen molar-refractivity contribution in [3.8, 4) is 0 Å². The number of nitrogens with one attached hydrogen (secondary N) is 1. The molecular formula is C64H123NO5. The minimum absolute atomic E-state index is 0.0103. The molecule has 0 fully saturated rings. The monoisotopic (exact) mass is 986 g/mol. The molecule has 0 radical (unpaired) electrons. The van der Waals surface area contributed by atoms with Gasteiger partial charge in [-0.25, -0.2) is 0 Å². The van der Waals surface area contributed by atoms with Gasteiger partial charge in [0.1, 0.15) is 0 Å². The molecule has 1 amide bonds. The summed E-state index contributed by atoms with van der Waals surface area (Å²) in [6, 6.07) is -0.649. The minimum Gasteiger partial charge on any atom is -0.466 e. The zero-order chi connectivity index (χ0) is 50.7. The first-order valence-corrected chi connectivity index (χ1v) is 31.6. The van der Waals surface area contributed by atoms with Crippen LogP contribution in [0.2, 0.25) is 0 Å². The topological polar surface area (TPSA) is 95.9 Å². The number of allylic oxidation sites excluding steroid dienone is 3. The van der Waals surface area contributed by atoms with E-state index >= 15 is 0 Å². The number of aliphatic hydroxyl groups is 2. The van der Waals surface area contributed by atoms with Gasteiger partial charge < -0.3 is 20.3 Å². The Labute approximate surface area is 437 Å². The van der Waals surface area contributed by atoms with E-state index in [1.807, 2.05) is 6.08 Å². The van der Waals surface area contributed by atoms with Gasteiger partial charge in [-0.1, -0.05) is 301 Å². The number of esters is 1. The maximum Gasteiger partial charge on any atom is 0.305 e. The number of rotatable bonds is 59. The molecule has 0 aliphatic rings. The Morgan fingerprint density at radius 1 is 0.386 bits per heavy atom. The summed E-state index contributed by atoms with van der Waals surface area (Å²) in [5.41, 5.74) is 0. The van der Waals surface area contributed by atoms with Gasteiger partial charge in [-0.05, 0) is 57.8 Å². The Balaban J connectivity index is 3.50. The number of hydrogen-bond donors (Lipinski definition) is 3. The van der Waals surface area contributed by atoms with Crippen molar-refractivity contribution in [2.45, 2.75) is 360 Å². The van der Waals surface area contributed by atoms with Gasteiger partial charge in [-0.15, -0.1) is 0 Å². The molecule has 2 atom stereocenters. The molecule has 0 bridgehead atoms. The molecule has 70 heavy (non-hydrogen) atoms. The van der Waals surface area contributed by atoms with E-state index in [9.17, 15) is 19.8 Å². The SMILES string of the molecule is CCCCCCCCCCCCCCCCCCCCCCCCC/C=C/C(O)C(CO)NC(=O)CCCCC/C=C\CCCCCCCCOC(=O)CCCCCCCCCCCCCCCCC. The van der Waals surface area contributed by atoms with Gasteiger partial charge in [0.2, 0.25) is 5.91 Å². The molecular weight excluding hydrogens is 863 g/mol. The number of carbonyl (C=O) groups is 2. The van der Waals surface area contributed by atoms with Crippen LogP contribution in [0, 0.1) is 0 Å². The molecule has 0 aromatic heterocycles. The van der Waals surface area contributed by atoms with Crippen molar-refractivity contribution in [2.24, 2.45) is 0 Å². The highest BCUT2D eigenvalue weighted by molar-refractivity contribution is 5.76. The van der Waals surface area contributed by atoms with E-state index in [1.165, 1.54) is 250 Å². The van der Waals surface area contributed by atoms with Crippen LogP contribution < -0.4 is 5.32 Å². The Morgan fingerprint density at radius 2 is 0.671 bits per heavy atom. The average molecular weight is 987 g/mol. The highest BCUT2D eigenvalue weighted by Crippen LogP contribution is 2.18. The molecule has 0 saturated carbocycles. The summed E-state index contributed by atoms with van der Waals surface area (Å²) in [7, 11) is 0. The summed E-state index contributed by atoms with van der Waals surface area (Å²) in [4.78, 5) is 24.6. The van der Waals surface area contributed by atoms with Gasteiger partial charge in [-0.2, -0.15) is 0 Å². The standard InChI is InChI=1S/C64H123NO5/c1-3-5-7-9-11-13-15-17-19-20-21-22-23-24-25-26-27-28-30-32-36-40-44-48-52-56-62(67)61(60-66)65-63(68)57-53-49-45-41-37-33-31-35-39-43-47-51-55-59-70-64(69)58-54-50-46-42-38-34-29-18-16-14-12-10-8-6-4-2/h33,37,52,56,61-62,66-67H,3-32,34-36,38-51,53-55,57-60H2,1-2H3,(H,65,68)/b37-33-,56-52+. The molecule has 0 aromatic rings. The molecule has 6 nitrogen and oxygen atoms in total. The van der Waals surface area contributed by atoms with E-state index in [2.05, 4.69) is 31.3 Å². The van der Waals surface area contributed by atoms with Gasteiger partial charge in [0.15, 0.2) is 0 Å². The van der Waals surface area contributed by atoms with Crippen LogP contribution in [0.5, 0.6) is 0 Å². The van der Waals surface area contributed by atoms with Crippen molar-refractivity contribution in [3.05, 3.63) is 24.3 Å². The number of unbranched alkanes of at least 4 members (excludes halogenated alkanes) is 46. The highest BCUT2D eigenvalue weighted by Gasteiger charge is 2.18. The van der Waals surface area contributed by atoms with E-state index in [-0.39, 0.29) is 18.5 Å². The molecule has 0 saturated heterocycles. The Bertz CT molecular complexity index is 1090. The lowest BCUT2D eigenvalue weighted by Gasteiger charge is -2.19. The second kappa shape index (κ2) is 59.9. The van der Waals surface area contributed by atoms with Gasteiger partial charge in [-0.3, -0.25) is 9.59 Å². The maximum atomic E-state index is 12.5. The summed E-state index contributed by atoms with van der Waals surface area (Å²) in [6.45, 7) is 4.89. The molecule has 3 N–H and O–H groups in total. The van der Waals surface area contributed by atoms with Crippen LogP contribution in [-0.2, 0) is 14.3 Å². The normalized spacial score (nSPS) is 12.7. The van der Waals surface area contributed by atoms with Crippen molar-refractivity contribution in [1.29, 1.82) is 0 Å². The lowest BCUT2D eigenvalue weighted by molar-refractivity contribution is -0.143. The fourth-order valence-corrected chi connectivity index (χ4v) is 9.87. The number of carbonyl (C=O) groups excluding carboxylic acids is 2. The Kier molecular flexibility index (Phi) is 58.5. The number of ether oxygens (including phenoxy) is 1. The summed E-state index contributed by atoms with van der Waals surface area (Å²) in [6.07, 6.45) is 73.6. The van der Waals surface area contributed by atoms with E-state index in [0.717, 1.165) is 70.6 Å². The van der Waals surface area contributed by atoms with Gasteiger partial charge in [0, 0.05) is 12.8 Å². The fraction of sp³-hybridized carbons (Fsp3) is 0.906. The quantitative estimate of drug-likeness (QED) is 0.0321. The van der Waals surface area contributed by atoms with Crippen molar-refractivity contribution < 1.29 is 24.5 Å². The number of aliphatic hydroxyl groups excluding tert-OH is 2. The van der Waals surface area contributed by atoms with Crippen LogP contribution in [0.4, 0.5) is 0 Å². The zero-order valence-corrected chi connectivity index (χ0v) is 47.3. The first-order chi connectivity index (χ1) is 34.5. The summed E-state index contributed by atoms with van der Waals surface area (Å²) in [5.74, 6) is -0.104. The van der Waals surface area contributed by atoms with E-state index in [1.54, 1.807) is 6.08 Å². The third-order valence-corrected chi connectivity index (χ3v) is 14.7. The maximum absolute atomic E-state index is 12.5. The van der Waals surface area contributed by atoms with Crippen molar-refractivity contribution in [3.63, 3.8) is 0 Å². The van der Waals surface area contributed by atoms with Gasteiger partial charge in [0.05, 0.1) is 25.4 Å². The van der Waals surface area contributed by atoms with Crippen LogP contribution in [-0.4, -0.2) is 47.4 Å². The molecule has 414 valence electrons. The minimum atomic E-state index is -0.863. The molecule has 0 aliphatic carbocycles. The third-order valence-electron chi connectivity index (χ3n) is 14.7. The number of amides is 1. The molecule has 6 heteroatoms. The van der Waals surface area contributed by atoms with Crippen LogP contribution in [0.1, 0.15) is 348 Å². The molecule has 0 aliphatic heterocycles. The Hall–Kier alpha value is -1.66. The molecule has 0 heterocycles. The van der Waals surface area contributed by atoms with E-state index < -0.39 is 12.1 Å². The van der Waals surface area contributed by atoms with Crippen molar-refractivity contribution >= 4 is 11.9 Å². The van der Waals surface area contributed by atoms with E-state index in [4.69, 9.17) is 4.74 Å². The lowest BCUT2D eigenvalue weighted by Crippen LogP contribution is -2.45. The lowest BCUT2D eigenvalue weighted by atomic mass is 10.0. The van der Waals surface area contributed by atoms with Crippen molar-refractivity contribution in [2.75, 3.05) is 13.2 Å². The second-order valence-electron chi connectivity index (χ2n) is 21.7. The highest BCUT2D eigenvalue weighted by atomic mass is 16.5. The Morgan fingerprint density at radius 3 is 1.03 bits per heavy atom. The molecule has 0 aromatic carbocycles. The van der Waals surface area contributed by atoms with E-state index in [0.29, 0.717) is 19.4 Å². The first kappa shape index (κ1) is 68.3. The number of hydrogen-bond acceptors (Lipinski definition) is 5. The largest absolute Gasteiger partial charge is 0.466 e. The fourth-order valence-electron chi connectivity index (χ4n) is 9.87. The zero-order valence-electron chi connectivity index (χ0n) is 47.3. The van der Waals surface area contributed by atoms with Gasteiger partial charge >= 0.3 is 5.97 Å². The predicted molar refractivity (Wildman–Crippen MR) is 306 cm³/mol. The smallest absolute Gasteiger partial charge is 0.305 e.